The summed E-state index contributed by atoms with van der Waals surface area (Å²) in [6.07, 6.45) is 9.61. The normalized spacial score (nSPS) is 24.7. The third kappa shape index (κ3) is 6.97. The average Bonchev–Trinajstić information content (AvgIpc) is 3.05. The van der Waals surface area contributed by atoms with Gasteiger partial charge in [0.1, 0.15) is 0 Å². The van der Waals surface area contributed by atoms with Gasteiger partial charge in [0.05, 0.1) is 24.2 Å². The van der Waals surface area contributed by atoms with Crippen LogP contribution >= 0.6 is 0 Å². The molecule has 0 aliphatic heterocycles. The third-order valence-electron chi connectivity index (χ3n) is 6.18. The van der Waals surface area contributed by atoms with E-state index in [4.69, 9.17) is 5.11 Å². The second-order valence-corrected chi connectivity index (χ2v) is 8.40. The molecule has 1 aliphatic carbocycles. The summed E-state index contributed by atoms with van der Waals surface area (Å²) in [5.41, 5.74) is 1.91. The number of unbranched alkanes of at least 4 members (excludes halogenated alkanes) is 3. The van der Waals surface area contributed by atoms with E-state index in [-0.39, 0.29) is 24.2 Å². The summed E-state index contributed by atoms with van der Waals surface area (Å²) in [5, 5.41) is 39.3. The van der Waals surface area contributed by atoms with Crippen molar-refractivity contribution in [3.63, 3.8) is 0 Å². The Bertz CT molecular complexity index is 722. The molecule has 30 heavy (non-hydrogen) atoms. The minimum Gasteiger partial charge on any atom is -0.481 e. The number of benzene rings is 1. The Labute approximate surface area is 180 Å². The lowest BCUT2D eigenvalue weighted by molar-refractivity contribution is -0.137. The molecule has 3 N–H and O–H groups in total. The van der Waals surface area contributed by atoms with E-state index in [0.29, 0.717) is 25.7 Å². The van der Waals surface area contributed by atoms with Crippen LogP contribution in [0.1, 0.15) is 87.9 Å². The van der Waals surface area contributed by atoms with Crippen molar-refractivity contribution >= 4 is 5.97 Å². The van der Waals surface area contributed by atoms with Gasteiger partial charge < -0.3 is 15.3 Å². The van der Waals surface area contributed by atoms with E-state index in [1.165, 1.54) is 0 Å². The average molecular weight is 414 g/mol. The minimum atomic E-state index is -0.786. The highest BCUT2D eigenvalue weighted by Gasteiger charge is 2.42. The lowest BCUT2D eigenvalue weighted by atomic mass is 9.82. The van der Waals surface area contributed by atoms with Crippen molar-refractivity contribution in [2.24, 2.45) is 11.8 Å². The van der Waals surface area contributed by atoms with E-state index in [2.05, 4.69) is 13.0 Å². The van der Waals surface area contributed by atoms with E-state index < -0.39 is 18.2 Å². The van der Waals surface area contributed by atoms with Gasteiger partial charge in [0.2, 0.25) is 0 Å². The number of aliphatic carboxylic acids is 1. The van der Waals surface area contributed by atoms with Crippen molar-refractivity contribution in [2.45, 2.75) is 82.8 Å². The predicted octanol–water partition coefficient (Wildman–Crippen LogP) is 5.11. The molecule has 0 heterocycles. The van der Waals surface area contributed by atoms with Gasteiger partial charge in [-0.3, -0.25) is 4.79 Å². The first-order valence-electron chi connectivity index (χ1n) is 11.2. The van der Waals surface area contributed by atoms with Crippen LogP contribution in [0.25, 0.3) is 0 Å². The number of hydrogen-bond donors (Lipinski definition) is 3. The van der Waals surface area contributed by atoms with Crippen molar-refractivity contribution in [3.05, 3.63) is 47.5 Å². The molecule has 5 atom stereocenters. The maximum Gasteiger partial charge on any atom is 0.303 e. The number of aliphatic hydroxyl groups excluding tert-OH is 2. The van der Waals surface area contributed by atoms with E-state index >= 15 is 0 Å². The van der Waals surface area contributed by atoms with Crippen LogP contribution in [0, 0.1) is 23.2 Å². The summed E-state index contributed by atoms with van der Waals surface area (Å²) in [5.74, 6) is -1.07. The molecule has 0 saturated heterocycles. The number of hydrogen-bond acceptors (Lipinski definition) is 4. The van der Waals surface area contributed by atoms with Gasteiger partial charge in [-0.1, -0.05) is 62.6 Å². The summed E-state index contributed by atoms with van der Waals surface area (Å²) in [4.78, 5) is 10.6. The van der Waals surface area contributed by atoms with Crippen molar-refractivity contribution in [3.8, 4) is 6.07 Å². The Hall–Kier alpha value is -2.16. The molecular formula is C25H35NO4. The maximum absolute atomic E-state index is 10.6. The van der Waals surface area contributed by atoms with Crippen LogP contribution < -0.4 is 0 Å². The van der Waals surface area contributed by atoms with Gasteiger partial charge in [0, 0.05) is 12.3 Å². The SMILES string of the molecule is CCCCCC(O)c1ccc([C@@H]2[C@@H](C/C=C\CCCC(=O)O)[C@H](C#N)C[C@H]2O)cc1. The molecule has 5 nitrogen and oxygen atoms in total. The lowest BCUT2D eigenvalue weighted by Crippen LogP contribution is -2.18. The van der Waals surface area contributed by atoms with Gasteiger partial charge >= 0.3 is 5.97 Å². The van der Waals surface area contributed by atoms with Crippen molar-refractivity contribution in [1.82, 2.24) is 0 Å². The molecule has 0 bridgehead atoms. The summed E-state index contributed by atoms with van der Waals surface area (Å²) in [6.45, 7) is 2.14. The Morgan fingerprint density at radius 3 is 2.60 bits per heavy atom. The first-order valence-corrected chi connectivity index (χ1v) is 11.2. The predicted molar refractivity (Wildman–Crippen MR) is 117 cm³/mol. The standard InChI is InChI=1S/C25H35NO4/c1-2-3-6-10-22(27)18-12-14-19(15-13-18)25-21(20(17-26)16-23(25)28)9-7-4-5-8-11-24(29)30/h4,7,12-15,20-23,25,27-28H,2-3,5-6,8-11,16H2,1H3,(H,29,30)/b7-4-/t20-,21-,22?,23+,25+/m0/s1. The molecule has 1 saturated carbocycles. The van der Waals surface area contributed by atoms with Crippen LogP contribution in [-0.2, 0) is 4.79 Å². The van der Waals surface area contributed by atoms with Gasteiger partial charge in [0.15, 0.2) is 0 Å². The first-order chi connectivity index (χ1) is 14.5. The Morgan fingerprint density at radius 1 is 1.23 bits per heavy atom. The highest BCUT2D eigenvalue weighted by atomic mass is 16.4. The van der Waals surface area contributed by atoms with Gasteiger partial charge in [-0.15, -0.1) is 0 Å². The first kappa shape index (κ1) is 24.1. The van der Waals surface area contributed by atoms with Gasteiger partial charge in [0.25, 0.3) is 0 Å². The fourth-order valence-corrected chi connectivity index (χ4v) is 4.48. The maximum atomic E-state index is 10.6. The topological polar surface area (TPSA) is 102 Å². The number of carboxylic acid groups (broad SMARTS) is 1. The largest absolute Gasteiger partial charge is 0.481 e. The van der Waals surface area contributed by atoms with Crippen molar-refractivity contribution in [2.75, 3.05) is 0 Å². The van der Waals surface area contributed by atoms with Crippen LogP contribution in [0.15, 0.2) is 36.4 Å². The van der Waals surface area contributed by atoms with Gasteiger partial charge in [-0.2, -0.15) is 5.26 Å². The number of nitrogens with zero attached hydrogens (tertiary/aromatic N) is 1. The monoisotopic (exact) mass is 413 g/mol. The summed E-state index contributed by atoms with van der Waals surface area (Å²) >= 11 is 0. The van der Waals surface area contributed by atoms with Crippen molar-refractivity contribution < 1.29 is 20.1 Å². The van der Waals surface area contributed by atoms with Crippen LogP contribution in [0.3, 0.4) is 0 Å². The van der Waals surface area contributed by atoms with Crippen molar-refractivity contribution in [1.29, 1.82) is 5.26 Å². The molecular weight excluding hydrogens is 378 g/mol. The molecule has 0 aromatic heterocycles. The van der Waals surface area contributed by atoms with Crippen LogP contribution in [0.5, 0.6) is 0 Å². The molecule has 0 radical (unpaired) electrons. The smallest absolute Gasteiger partial charge is 0.303 e. The summed E-state index contributed by atoms with van der Waals surface area (Å²) in [6, 6.07) is 10.2. The second-order valence-electron chi connectivity index (χ2n) is 8.40. The van der Waals surface area contributed by atoms with Gasteiger partial charge in [-0.05, 0) is 49.1 Å². The molecule has 1 aromatic rings. The number of nitriles is 1. The fourth-order valence-electron chi connectivity index (χ4n) is 4.48. The molecule has 0 amide bonds. The zero-order valence-electron chi connectivity index (χ0n) is 17.9. The van der Waals surface area contributed by atoms with E-state index in [0.717, 1.165) is 36.8 Å². The lowest BCUT2D eigenvalue weighted by Gasteiger charge is -2.23. The van der Waals surface area contributed by atoms with Crippen LogP contribution in [0.4, 0.5) is 0 Å². The number of rotatable bonds is 12. The molecule has 2 rings (SSSR count). The molecule has 5 heteroatoms. The highest BCUT2D eigenvalue weighted by Crippen LogP contribution is 2.45. The second kappa shape index (κ2) is 12.5. The summed E-state index contributed by atoms with van der Waals surface area (Å²) < 4.78 is 0. The third-order valence-corrected chi connectivity index (χ3v) is 6.18. The molecule has 1 unspecified atom stereocenters. The Morgan fingerprint density at radius 2 is 1.97 bits per heavy atom. The number of allylic oxidation sites excluding steroid dienone is 2. The summed E-state index contributed by atoms with van der Waals surface area (Å²) in [7, 11) is 0. The number of aliphatic hydroxyl groups is 2. The Balaban J connectivity index is 2.02. The highest BCUT2D eigenvalue weighted by molar-refractivity contribution is 5.66. The number of carboxylic acids is 1. The molecule has 1 aromatic carbocycles. The van der Waals surface area contributed by atoms with E-state index in [9.17, 15) is 20.3 Å². The fraction of sp³-hybridized carbons (Fsp3) is 0.600. The molecule has 1 aliphatic rings. The molecule has 164 valence electrons. The minimum absolute atomic E-state index is 0.0288. The van der Waals surface area contributed by atoms with Gasteiger partial charge in [-0.25, -0.2) is 0 Å². The molecule has 0 spiro atoms. The number of carbonyl (C=O) groups is 1. The molecule has 1 fully saturated rings. The zero-order valence-corrected chi connectivity index (χ0v) is 17.9. The quantitative estimate of drug-likeness (QED) is 0.327. The van der Waals surface area contributed by atoms with Crippen LogP contribution in [0.2, 0.25) is 0 Å². The Kier molecular flexibility index (Phi) is 10.1. The van der Waals surface area contributed by atoms with E-state index in [1.54, 1.807) is 0 Å². The zero-order chi connectivity index (χ0) is 21.9. The van der Waals surface area contributed by atoms with E-state index in [1.807, 2.05) is 36.4 Å². The van der Waals surface area contributed by atoms with Crippen LogP contribution in [-0.4, -0.2) is 27.4 Å².